The van der Waals surface area contributed by atoms with Gasteiger partial charge in [-0.25, -0.2) is 0 Å². The Hall–Kier alpha value is -1.06. The van der Waals surface area contributed by atoms with E-state index < -0.39 is 0 Å². The minimum Gasteiger partial charge on any atom is -0.359 e. The van der Waals surface area contributed by atoms with E-state index in [4.69, 9.17) is 0 Å². The summed E-state index contributed by atoms with van der Waals surface area (Å²) in [6.07, 6.45) is 0.542. The third-order valence-corrected chi connectivity index (χ3v) is 2.16. The van der Waals surface area contributed by atoms with Crippen LogP contribution < -0.4 is 5.32 Å². The van der Waals surface area contributed by atoms with Crippen molar-refractivity contribution in [1.29, 1.82) is 0 Å². The number of amides is 2. The lowest BCUT2D eigenvalue weighted by molar-refractivity contribution is -0.137. The molecule has 0 aromatic carbocycles. The summed E-state index contributed by atoms with van der Waals surface area (Å²) in [6, 6.07) is 0. The summed E-state index contributed by atoms with van der Waals surface area (Å²) in [4.78, 5) is 23.4. The molecule has 0 aliphatic carbocycles. The standard InChI is InChI=1S/C8H14N2O2/c1-6(11)10-4-7(5-10)3-8(12)9-2/h7H,3-5H2,1-2H3,(H,9,12). The molecule has 0 spiro atoms. The van der Waals surface area contributed by atoms with Gasteiger partial charge in [-0.2, -0.15) is 0 Å². The third kappa shape index (κ3) is 1.96. The molecule has 0 aromatic heterocycles. The van der Waals surface area contributed by atoms with E-state index in [1.54, 1.807) is 18.9 Å². The van der Waals surface area contributed by atoms with Gasteiger partial charge in [-0.15, -0.1) is 0 Å². The van der Waals surface area contributed by atoms with Crippen molar-refractivity contribution in [1.82, 2.24) is 10.2 Å². The summed E-state index contributed by atoms with van der Waals surface area (Å²) < 4.78 is 0. The van der Waals surface area contributed by atoms with Gasteiger partial charge in [-0.05, 0) is 0 Å². The van der Waals surface area contributed by atoms with E-state index in [0.717, 1.165) is 13.1 Å². The summed E-state index contributed by atoms with van der Waals surface area (Å²) in [6.45, 7) is 3.03. The van der Waals surface area contributed by atoms with Crippen molar-refractivity contribution in [2.24, 2.45) is 5.92 Å². The summed E-state index contributed by atoms with van der Waals surface area (Å²) in [5.74, 6) is 0.528. The van der Waals surface area contributed by atoms with Crippen LogP contribution in [0.25, 0.3) is 0 Å². The van der Waals surface area contributed by atoms with E-state index in [-0.39, 0.29) is 11.8 Å². The van der Waals surface area contributed by atoms with Crippen LogP contribution in [0.5, 0.6) is 0 Å². The predicted molar refractivity (Wildman–Crippen MR) is 44.4 cm³/mol. The molecule has 0 atom stereocenters. The van der Waals surface area contributed by atoms with Gasteiger partial charge in [-0.1, -0.05) is 0 Å². The van der Waals surface area contributed by atoms with Gasteiger partial charge in [0.05, 0.1) is 0 Å². The summed E-state index contributed by atoms with van der Waals surface area (Å²) in [5, 5.41) is 2.57. The fourth-order valence-corrected chi connectivity index (χ4v) is 1.32. The van der Waals surface area contributed by atoms with Crippen LogP contribution in [0.3, 0.4) is 0 Å². The molecule has 0 unspecified atom stereocenters. The molecule has 0 aromatic rings. The molecule has 1 aliphatic heterocycles. The molecule has 4 nitrogen and oxygen atoms in total. The molecule has 1 aliphatic rings. The van der Waals surface area contributed by atoms with E-state index in [1.165, 1.54) is 0 Å². The number of rotatable bonds is 2. The molecular formula is C8H14N2O2. The number of carbonyl (C=O) groups is 2. The smallest absolute Gasteiger partial charge is 0.220 e. The normalized spacial score (nSPS) is 17.0. The number of hydrogen-bond acceptors (Lipinski definition) is 2. The van der Waals surface area contributed by atoms with Crippen LogP contribution in [0.15, 0.2) is 0 Å². The Morgan fingerprint density at radius 2 is 2.08 bits per heavy atom. The number of carbonyl (C=O) groups excluding carboxylic acids is 2. The zero-order valence-electron chi connectivity index (χ0n) is 7.46. The molecule has 1 rings (SSSR count). The minimum absolute atomic E-state index is 0.0585. The second-order valence-corrected chi connectivity index (χ2v) is 3.17. The summed E-state index contributed by atoms with van der Waals surface area (Å²) in [5.41, 5.74) is 0. The van der Waals surface area contributed by atoms with Gasteiger partial charge in [-0.3, -0.25) is 9.59 Å². The van der Waals surface area contributed by atoms with Crippen LogP contribution >= 0.6 is 0 Å². The maximum absolute atomic E-state index is 10.9. The molecular weight excluding hydrogens is 156 g/mol. The Labute approximate surface area is 71.9 Å². The predicted octanol–water partition coefficient (Wildman–Crippen LogP) is -0.399. The van der Waals surface area contributed by atoms with Crippen LogP contribution in [0, 0.1) is 5.92 Å². The van der Waals surface area contributed by atoms with Crippen molar-refractivity contribution in [3.63, 3.8) is 0 Å². The number of nitrogens with zero attached hydrogens (tertiary/aromatic N) is 1. The van der Waals surface area contributed by atoms with Gasteiger partial charge in [0.2, 0.25) is 11.8 Å². The molecule has 2 amide bonds. The highest BCUT2D eigenvalue weighted by molar-refractivity contribution is 5.77. The van der Waals surface area contributed by atoms with Crippen molar-refractivity contribution in [3.05, 3.63) is 0 Å². The lowest BCUT2D eigenvalue weighted by Crippen LogP contribution is -2.50. The van der Waals surface area contributed by atoms with Gasteiger partial charge < -0.3 is 10.2 Å². The molecule has 0 bridgehead atoms. The maximum atomic E-state index is 10.9. The average molecular weight is 170 g/mol. The van der Waals surface area contributed by atoms with Crippen LogP contribution in [0.1, 0.15) is 13.3 Å². The fourth-order valence-electron chi connectivity index (χ4n) is 1.32. The topological polar surface area (TPSA) is 49.4 Å². The van der Waals surface area contributed by atoms with E-state index in [1.807, 2.05) is 0 Å². The summed E-state index contributed by atoms with van der Waals surface area (Å²) in [7, 11) is 1.63. The lowest BCUT2D eigenvalue weighted by atomic mass is 9.96. The van der Waals surface area contributed by atoms with Crippen molar-refractivity contribution >= 4 is 11.8 Å². The Morgan fingerprint density at radius 3 is 2.50 bits per heavy atom. The van der Waals surface area contributed by atoms with Gasteiger partial charge in [0.25, 0.3) is 0 Å². The summed E-state index contributed by atoms with van der Waals surface area (Å²) >= 11 is 0. The highest BCUT2D eigenvalue weighted by Crippen LogP contribution is 2.18. The van der Waals surface area contributed by atoms with Crippen LogP contribution in [-0.4, -0.2) is 36.9 Å². The number of nitrogens with one attached hydrogen (secondary N) is 1. The van der Waals surface area contributed by atoms with Gasteiger partial charge in [0.15, 0.2) is 0 Å². The van der Waals surface area contributed by atoms with Crippen LogP contribution in [0.4, 0.5) is 0 Å². The first-order chi connectivity index (χ1) is 5.63. The van der Waals surface area contributed by atoms with E-state index in [0.29, 0.717) is 12.3 Å². The first kappa shape index (κ1) is 9.03. The minimum atomic E-state index is 0.0585. The molecule has 0 saturated carbocycles. The molecule has 12 heavy (non-hydrogen) atoms. The molecule has 0 radical (unpaired) electrons. The molecule has 4 heteroatoms. The van der Waals surface area contributed by atoms with Crippen LogP contribution in [0.2, 0.25) is 0 Å². The number of likely N-dealkylation sites (tertiary alicyclic amines) is 1. The van der Waals surface area contributed by atoms with Crippen LogP contribution in [-0.2, 0) is 9.59 Å². The highest BCUT2D eigenvalue weighted by Gasteiger charge is 2.29. The van der Waals surface area contributed by atoms with E-state index in [2.05, 4.69) is 5.32 Å². The van der Waals surface area contributed by atoms with Gasteiger partial charge >= 0.3 is 0 Å². The fraction of sp³-hybridized carbons (Fsp3) is 0.750. The Bertz CT molecular complexity index is 197. The zero-order chi connectivity index (χ0) is 9.14. The average Bonchev–Trinajstić information content (AvgIpc) is 1.94. The van der Waals surface area contributed by atoms with Crippen molar-refractivity contribution in [2.75, 3.05) is 20.1 Å². The molecule has 1 fully saturated rings. The first-order valence-corrected chi connectivity index (χ1v) is 4.09. The zero-order valence-corrected chi connectivity index (χ0v) is 7.46. The Balaban J connectivity index is 2.17. The van der Waals surface area contributed by atoms with Gasteiger partial charge in [0.1, 0.15) is 0 Å². The Kier molecular flexibility index (Phi) is 2.68. The van der Waals surface area contributed by atoms with Gasteiger partial charge in [0, 0.05) is 39.4 Å². The van der Waals surface area contributed by atoms with Crippen molar-refractivity contribution in [2.45, 2.75) is 13.3 Å². The first-order valence-electron chi connectivity index (χ1n) is 4.09. The Morgan fingerprint density at radius 1 is 1.50 bits per heavy atom. The number of hydrogen-bond donors (Lipinski definition) is 1. The SMILES string of the molecule is CNC(=O)CC1CN(C(C)=O)C1. The monoisotopic (exact) mass is 170 g/mol. The second kappa shape index (κ2) is 3.56. The lowest BCUT2D eigenvalue weighted by Gasteiger charge is -2.38. The van der Waals surface area contributed by atoms with E-state index >= 15 is 0 Å². The molecule has 1 heterocycles. The maximum Gasteiger partial charge on any atom is 0.220 e. The van der Waals surface area contributed by atoms with E-state index in [9.17, 15) is 9.59 Å². The third-order valence-electron chi connectivity index (χ3n) is 2.16. The largest absolute Gasteiger partial charge is 0.359 e. The molecule has 1 N–H and O–H groups in total. The molecule has 1 saturated heterocycles. The highest BCUT2D eigenvalue weighted by atomic mass is 16.2. The second-order valence-electron chi connectivity index (χ2n) is 3.17. The quantitative estimate of drug-likeness (QED) is 0.613. The van der Waals surface area contributed by atoms with Crippen molar-refractivity contribution in [3.8, 4) is 0 Å². The van der Waals surface area contributed by atoms with Crippen molar-refractivity contribution < 1.29 is 9.59 Å². The molecule has 68 valence electrons.